The molecule has 0 radical (unpaired) electrons. The third-order valence-corrected chi connectivity index (χ3v) is 5.34. The van der Waals surface area contributed by atoms with Crippen molar-refractivity contribution in [3.8, 4) is 0 Å². The zero-order valence-electron chi connectivity index (χ0n) is 16.8. The van der Waals surface area contributed by atoms with E-state index in [1.807, 2.05) is 6.92 Å². The minimum atomic E-state index is -1.10. The van der Waals surface area contributed by atoms with Crippen LogP contribution < -0.4 is 5.32 Å². The Labute approximate surface area is 185 Å². The van der Waals surface area contributed by atoms with E-state index in [1.54, 1.807) is 55.5 Å². The number of unbranched alkanes of at least 4 members (excludes halogenated alkanes) is 1. The minimum Gasteiger partial charge on any atom is -0.465 e. The first-order chi connectivity index (χ1) is 14.3. The van der Waals surface area contributed by atoms with Crippen LogP contribution in [0.3, 0.4) is 0 Å². The second-order valence-electron chi connectivity index (χ2n) is 7.27. The molecule has 6 nitrogen and oxygen atoms in total. The maximum absolute atomic E-state index is 13.0. The van der Waals surface area contributed by atoms with Gasteiger partial charge in [-0.1, -0.05) is 48.7 Å². The highest BCUT2D eigenvalue weighted by atomic mass is 35.5. The second kappa shape index (κ2) is 9.49. The van der Waals surface area contributed by atoms with Crippen LogP contribution in [0.5, 0.6) is 0 Å². The Hall–Kier alpha value is -2.57. The predicted molar refractivity (Wildman–Crippen MR) is 119 cm³/mol. The van der Waals surface area contributed by atoms with Gasteiger partial charge in [-0.3, -0.25) is 4.79 Å². The van der Waals surface area contributed by atoms with Gasteiger partial charge in [0.15, 0.2) is 0 Å². The predicted octanol–water partition coefficient (Wildman–Crippen LogP) is 5.59. The number of carbonyl (C=O) groups excluding carboxylic acids is 2. The summed E-state index contributed by atoms with van der Waals surface area (Å²) in [6.45, 7) is 4.16. The highest BCUT2D eigenvalue weighted by Crippen LogP contribution is 2.33. The van der Waals surface area contributed by atoms with Crippen LogP contribution in [0.2, 0.25) is 10.0 Å². The fourth-order valence-corrected chi connectivity index (χ4v) is 3.35. The van der Waals surface area contributed by atoms with Gasteiger partial charge in [0.2, 0.25) is 0 Å². The van der Waals surface area contributed by atoms with Crippen LogP contribution in [-0.2, 0) is 9.53 Å². The standard InChI is InChI=1S/C22H23Cl2N3O3/c1-3-4-13-30-20(28)22(2)14-27(21(29)25-18-11-9-17(24)10-12-18)26-19(22)15-5-7-16(23)8-6-15/h5-12H,3-4,13-14H2,1-2H3,(H,25,29). The number of nitrogens with one attached hydrogen (secondary N) is 1. The average molecular weight is 448 g/mol. The molecule has 1 aliphatic heterocycles. The molecule has 1 aliphatic rings. The van der Waals surface area contributed by atoms with E-state index in [9.17, 15) is 9.59 Å². The van der Waals surface area contributed by atoms with Crippen molar-refractivity contribution in [3.63, 3.8) is 0 Å². The van der Waals surface area contributed by atoms with Gasteiger partial charge >= 0.3 is 12.0 Å². The van der Waals surface area contributed by atoms with E-state index in [-0.39, 0.29) is 6.54 Å². The lowest BCUT2D eigenvalue weighted by molar-refractivity contribution is -0.150. The number of benzene rings is 2. The Morgan fingerprint density at radius 1 is 1.10 bits per heavy atom. The molecule has 0 bridgehead atoms. The van der Waals surface area contributed by atoms with E-state index >= 15 is 0 Å². The minimum absolute atomic E-state index is 0.0648. The number of hydrazone groups is 1. The monoisotopic (exact) mass is 447 g/mol. The molecule has 0 saturated carbocycles. The quantitative estimate of drug-likeness (QED) is 0.462. The Bertz CT molecular complexity index is 945. The molecular weight excluding hydrogens is 425 g/mol. The van der Waals surface area contributed by atoms with Crippen molar-refractivity contribution in [1.29, 1.82) is 0 Å². The summed E-state index contributed by atoms with van der Waals surface area (Å²) in [5, 5.41) is 9.63. The first-order valence-corrected chi connectivity index (χ1v) is 10.5. The third kappa shape index (κ3) is 4.94. The molecule has 0 aliphatic carbocycles. The molecule has 158 valence electrons. The SMILES string of the molecule is CCCCOC(=O)C1(C)CN(C(=O)Nc2ccc(Cl)cc2)N=C1c1ccc(Cl)cc1. The summed E-state index contributed by atoms with van der Waals surface area (Å²) in [7, 11) is 0. The lowest BCUT2D eigenvalue weighted by atomic mass is 9.82. The molecule has 2 aromatic carbocycles. The molecule has 30 heavy (non-hydrogen) atoms. The summed E-state index contributed by atoms with van der Waals surface area (Å²) in [5.41, 5.74) is 0.647. The summed E-state index contributed by atoms with van der Waals surface area (Å²) in [6, 6.07) is 13.3. The maximum atomic E-state index is 13.0. The Morgan fingerprint density at radius 2 is 1.70 bits per heavy atom. The molecule has 2 aromatic rings. The molecule has 3 rings (SSSR count). The molecule has 1 heterocycles. The summed E-state index contributed by atoms with van der Waals surface area (Å²) in [5.74, 6) is -0.411. The molecule has 1 unspecified atom stereocenters. The highest BCUT2D eigenvalue weighted by Gasteiger charge is 2.48. The van der Waals surface area contributed by atoms with Crippen molar-refractivity contribution in [2.75, 3.05) is 18.5 Å². The number of ether oxygens (including phenoxy) is 1. The molecule has 1 atom stereocenters. The van der Waals surface area contributed by atoms with E-state index in [4.69, 9.17) is 27.9 Å². The third-order valence-electron chi connectivity index (χ3n) is 4.84. The van der Waals surface area contributed by atoms with Crippen LogP contribution in [0.25, 0.3) is 0 Å². The summed E-state index contributed by atoms with van der Waals surface area (Å²) >= 11 is 11.9. The van der Waals surface area contributed by atoms with Crippen molar-refractivity contribution >= 4 is 46.6 Å². The topological polar surface area (TPSA) is 71.0 Å². The summed E-state index contributed by atoms with van der Waals surface area (Å²) < 4.78 is 5.49. The number of halogens is 2. The molecule has 0 spiro atoms. The average Bonchev–Trinajstić information content (AvgIpc) is 3.09. The number of hydrogen-bond donors (Lipinski definition) is 1. The number of hydrogen-bond acceptors (Lipinski definition) is 4. The van der Waals surface area contributed by atoms with Gasteiger partial charge in [-0.25, -0.2) is 9.80 Å². The summed E-state index contributed by atoms with van der Waals surface area (Å²) in [6.07, 6.45) is 1.69. The molecule has 0 fully saturated rings. The van der Waals surface area contributed by atoms with Gasteiger partial charge in [-0.05, 0) is 55.3 Å². The smallest absolute Gasteiger partial charge is 0.342 e. The highest BCUT2D eigenvalue weighted by molar-refractivity contribution is 6.31. The number of esters is 1. The van der Waals surface area contributed by atoms with Crippen LogP contribution in [-0.4, -0.2) is 35.9 Å². The van der Waals surface area contributed by atoms with E-state index in [0.29, 0.717) is 33.6 Å². The maximum Gasteiger partial charge on any atom is 0.342 e. The number of anilines is 1. The van der Waals surface area contributed by atoms with Crippen LogP contribution >= 0.6 is 23.2 Å². The van der Waals surface area contributed by atoms with Gasteiger partial charge in [0, 0.05) is 15.7 Å². The largest absolute Gasteiger partial charge is 0.465 e. The fraction of sp³-hybridized carbons (Fsp3) is 0.318. The van der Waals surface area contributed by atoms with Gasteiger partial charge in [-0.2, -0.15) is 5.10 Å². The zero-order valence-corrected chi connectivity index (χ0v) is 18.3. The zero-order chi connectivity index (χ0) is 21.7. The van der Waals surface area contributed by atoms with Gasteiger partial charge in [-0.15, -0.1) is 0 Å². The molecule has 1 N–H and O–H groups in total. The van der Waals surface area contributed by atoms with Crippen molar-refractivity contribution < 1.29 is 14.3 Å². The van der Waals surface area contributed by atoms with E-state index in [2.05, 4.69) is 10.4 Å². The first-order valence-electron chi connectivity index (χ1n) is 9.70. The Kier molecular flexibility index (Phi) is 7.00. The second-order valence-corrected chi connectivity index (χ2v) is 8.14. The van der Waals surface area contributed by atoms with Crippen molar-refractivity contribution in [2.24, 2.45) is 10.5 Å². The van der Waals surface area contributed by atoms with Crippen molar-refractivity contribution in [1.82, 2.24) is 5.01 Å². The Morgan fingerprint density at radius 3 is 2.30 bits per heavy atom. The normalized spacial score (nSPS) is 18.1. The molecular formula is C22H23Cl2N3O3. The lowest BCUT2D eigenvalue weighted by Crippen LogP contribution is -2.42. The number of rotatable bonds is 6. The van der Waals surface area contributed by atoms with E-state index in [0.717, 1.165) is 12.8 Å². The first kappa shape index (κ1) is 22.1. The number of carbonyl (C=O) groups is 2. The van der Waals surface area contributed by atoms with Crippen LogP contribution in [0, 0.1) is 5.41 Å². The van der Waals surface area contributed by atoms with Crippen molar-refractivity contribution in [3.05, 3.63) is 64.1 Å². The van der Waals surface area contributed by atoms with Crippen LogP contribution in [0.15, 0.2) is 53.6 Å². The van der Waals surface area contributed by atoms with Crippen LogP contribution in [0.4, 0.5) is 10.5 Å². The molecule has 0 saturated heterocycles. The number of nitrogens with zero attached hydrogens (tertiary/aromatic N) is 2. The number of urea groups is 1. The Balaban J connectivity index is 1.86. The van der Waals surface area contributed by atoms with Crippen molar-refractivity contribution in [2.45, 2.75) is 26.7 Å². The number of amides is 2. The summed E-state index contributed by atoms with van der Waals surface area (Å²) in [4.78, 5) is 25.8. The lowest BCUT2D eigenvalue weighted by Gasteiger charge is -2.24. The van der Waals surface area contributed by atoms with E-state index < -0.39 is 17.4 Å². The molecule has 8 heteroatoms. The molecule has 2 amide bonds. The van der Waals surface area contributed by atoms with Gasteiger partial charge in [0.1, 0.15) is 5.41 Å². The van der Waals surface area contributed by atoms with Gasteiger partial charge in [0.25, 0.3) is 0 Å². The van der Waals surface area contributed by atoms with Gasteiger partial charge < -0.3 is 10.1 Å². The fourth-order valence-electron chi connectivity index (χ4n) is 3.09. The van der Waals surface area contributed by atoms with Gasteiger partial charge in [0.05, 0.1) is 18.9 Å². The van der Waals surface area contributed by atoms with E-state index in [1.165, 1.54) is 5.01 Å². The van der Waals surface area contributed by atoms with Crippen LogP contribution in [0.1, 0.15) is 32.3 Å². The molecule has 0 aromatic heterocycles.